The second-order valence-corrected chi connectivity index (χ2v) is 4.09. The number of alkyl halides is 1. The van der Waals surface area contributed by atoms with Crippen LogP contribution in [0.25, 0.3) is 0 Å². The molecular weight excluding hydrogens is 285 g/mol. The van der Waals surface area contributed by atoms with Gasteiger partial charge in [-0.2, -0.15) is 0 Å². The molecule has 0 aromatic rings. The van der Waals surface area contributed by atoms with Gasteiger partial charge in [0.25, 0.3) is 0 Å². The van der Waals surface area contributed by atoms with Crippen LogP contribution in [0, 0.1) is 10.8 Å². The molecule has 0 aliphatic rings. The van der Waals surface area contributed by atoms with Gasteiger partial charge >= 0.3 is 0 Å². The number of hydrogen-bond donors (Lipinski definition) is 2. The van der Waals surface area contributed by atoms with E-state index in [0.717, 1.165) is 6.21 Å². The number of ether oxygens (including phenoxy) is 1. The summed E-state index contributed by atoms with van der Waals surface area (Å²) in [5.41, 5.74) is 0.207. The number of Topliss-reactive ketones (excluding diaryl/α,β-unsaturated/α-hetero) is 1. The highest BCUT2D eigenvalue weighted by Crippen LogP contribution is 2.20. The third-order valence-electron chi connectivity index (χ3n) is 2.33. The normalized spacial score (nSPS) is 13.7. The number of allylic oxidation sites excluding steroid dienone is 3. The van der Waals surface area contributed by atoms with Crippen molar-refractivity contribution in [1.29, 1.82) is 10.8 Å². The number of carbonyl (C=O) groups is 1. The highest BCUT2D eigenvalue weighted by Gasteiger charge is 2.20. The van der Waals surface area contributed by atoms with E-state index < -0.39 is 12.0 Å². The summed E-state index contributed by atoms with van der Waals surface area (Å²) >= 11 is 0. The van der Waals surface area contributed by atoms with Gasteiger partial charge in [-0.25, -0.2) is 4.39 Å². The van der Waals surface area contributed by atoms with Gasteiger partial charge in [0.15, 0.2) is 11.5 Å². The number of rotatable bonds is 7. The molecule has 124 valence electrons. The number of halogens is 1. The minimum absolute atomic E-state index is 0.0400. The Balaban J connectivity index is 0. The van der Waals surface area contributed by atoms with Crippen molar-refractivity contribution < 1.29 is 13.9 Å². The molecule has 0 aromatic carbocycles. The zero-order chi connectivity index (χ0) is 17.9. The van der Waals surface area contributed by atoms with Crippen LogP contribution in [0.4, 0.5) is 4.39 Å². The smallest absolute Gasteiger partial charge is 0.181 e. The Morgan fingerprint density at radius 2 is 1.77 bits per heavy atom. The lowest BCUT2D eigenvalue weighted by Gasteiger charge is -2.13. The minimum atomic E-state index is -1.24. The first-order valence-corrected chi connectivity index (χ1v) is 7.04. The maximum absolute atomic E-state index is 12.9. The van der Waals surface area contributed by atoms with E-state index in [9.17, 15) is 9.18 Å². The van der Waals surface area contributed by atoms with Crippen LogP contribution in [0.5, 0.6) is 0 Å². The van der Waals surface area contributed by atoms with Crippen LogP contribution < -0.4 is 0 Å². The SMILES string of the molecule is C/C=C(N=CC(C)F)/C(C(C)=N)=C(\OC)C(=N)C(C)=O.CC. The second-order valence-electron chi connectivity index (χ2n) is 4.09. The average Bonchev–Trinajstić information content (AvgIpc) is 2.47. The Kier molecular flexibility index (Phi) is 11.6. The zero-order valence-corrected chi connectivity index (χ0v) is 14.4. The molecule has 0 aliphatic carbocycles. The van der Waals surface area contributed by atoms with Crippen LogP contribution in [0.2, 0.25) is 0 Å². The Bertz CT molecular complexity index is 504. The van der Waals surface area contributed by atoms with E-state index in [0.29, 0.717) is 0 Å². The predicted molar refractivity (Wildman–Crippen MR) is 90.0 cm³/mol. The number of ketones is 1. The topological polar surface area (TPSA) is 86.4 Å². The number of methoxy groups -OCH3 is 1. The first-order valence-electron chi connectivity index (χ1n) is 7.04. The summed E-state index contributed by atoms with van der Waals surface area (Å²) in [4.78, 5) is 15.3. The number of carbonyl (C=O) groups excluding carboxylic acids is 1. The molecule has 0 fully saturated rings. The van der Waals surface area contributed by atoms with Gasteiger partial charge in [-0.3, -0.25) is 15.2 Å². The van der Waals surface area contributed by atoms with Crippen LogP contribution in [0.15, 0.2) is 28.1 Å². The molecule has 0 amide bonds. The van der Waals surface area contributed by atoms with Crippen molar-refractivity contribution in [3.05, 3.63) is 23.1 Å². The summed E-state index contributed by atoms with van der Waals surface area (Å²) in [5.74, 6) is -0.527. The molecule has 0 rings (SSSR count). The van der Waals surface area contributed by atoms with Crippen molar-refractivity contribution in [2.75, 3.05) is 7.11 Å². The number of nitrogens with one attached hydrogen (secondary N) is 2. The van der Waals surface area contributed by atoms with Crippen molar-refractivity contribution in [2.24, 2.45) is 4.99 Å². The molecule has 0 radical (unpaired) electrons. The fourth-order valence-corrected chi connectivity index (χ4v) is 1.43. The fourth-order valence-electron chi connectivity index (χ4n) is 1.43. The van der Waals surface area contributed by atoms with E-state index in [4.69, 9.17) is 15.6 Å². The lowest BCUT2D eigenvalue weighted by Crippen LogP contribution is -2.18. The van der Waals surface area contributed by atoms with Gasteiger partial charge in [-0.05, 0) is 20.8 Å². The van der Waals surface area contributed by atoms with Gasteiger partial charge in [0.2, 0.25) is 0 Å². The number of hydrogen-bond acceptors (Lipinski definition) is 5. The van der Waals surface area contributed by atoms with Crippen LogP contribution in [0.1, 0.15) is 41.5 Å². The van der Waals surface area contributed by atoms with Crippen LogP contribution in [0.3, 0.4) is 0 Å². The summed E-state index contributed by atoms with van der Waals surface area (Å²) in [5, 5.41) is 15.5. The van der Waals surface area contributed by atoms with E-state index in [1.807, 2.05) is 13.8 Å². The largest absolute Gasteiger partial charge is 0.494 e. The standard InChI is InChI=1S/C14H20FN3O2.C2H6/c1-6-11(18-7-8(2)15)12(9(3)16)14(20-5)13(17)10(4)19;1-2/h6-8,16-17H,1-5H3;1-2H3/b11-6-,14-12-,16-9?,17-13?,18-7?;. The van der Waals surface area contributed by atoms with Crippen molar-refractivity contribution >= 4 is 23.4 Å². The molecule has 0 saturated carbocycles. The molecule has 22 heavy (non-hydrogen) atoms. The van der Waals surface area contributed by atoms with E-state index >= 15 is 0 Å². The maximum Gasteiger partial charge on any atom is 0.181 e. The Morgan fingerprint density at radius 1 is 1.27 bits per heavy atom. The molecule has 0 aliphatic heterocycles. The molecule has 6 heteroatoms. The molecule has 0 bridgehead atoms. The van der Waals surface area contributed by atoms with Gasteiger partial charge in [0.05, 0.1) is 18.4 Å². The molecule has 2 N–H and O–H groups in total. The maximum atomic E-state index is 12.9. The third kappa shape index (κ3) is 7.06. The van der Waals surface area contributed by atoms with E-state index in [1.54, 1.807) is 13.0 Å². The summed E-state index contributed by atoms with van der Waals surface area (Å²) in [6.07, 6.45) is 1.41. The molecule has 1 unspecified atom stereocenters. The molecule has 5 nitrogen and oxygen atoms in total. The molecule has 0 spiro atoms. The van der Waals surface area contributed by atoms with Crippen molar-refractivity contribution in [3.8, 4) is 0 Å². The summed E-state index contributed by atoms with van der Waals surface area (Å²) in [6, 6.07) is 0. The molecule has 0 aromatic heterocycles. The predicted octanol–water partition coefficient (Wildman–Crippen LogP) is 3.89. The molecule has 0 saturated heterocycles. The van der Waals surface area contributed by atoms with Crippen LogP contribution >= 0.6 is 0 Å². The summed E-state index contributed by atoms with van der Waals surface area (Å²) in [6.45, 7) is 9.72. The van der Waals surface area contributed by atoms with E-state index in [1.165, 1.54) is 27.9 Å². The van der Waals surface area contributed by atoms with E-state index in [-0.39, 0.29) is 28.5 Å². The molecule has 0 heterocycles. The summed E-state index contributed by atoms with van der Waals surface area (Å²) in [7, 11) is 1.31. The third-order valence-corrected chi connectivity index (χ3v) is 2.33. The van der Waals surface area contributed by atoms with Gasteiger partial charge in [0.1, 0.15) is 11.9 Å². The first-order chi connectivity index (χ1) is 10.3. The van der Waals surface area contributed by atoms with Gasteiger partial charge < -0.3 is 10.1 Å². The molecule has 1 atom stereocenters. The second kappa shape index (κ2) is 11.5. The van der Waals surface area contributed by atoms with Gasteiger partial charge in [0, 0.05) is 18.9 Å². The highest BCUT2D eigenvalue weighted by atomic mass is 19.1. The summed E-state index contributed by atoms with van der Waals surface area (Å²) < 4.78 is 17.9. The minimum Gasteiger partial charge on any atom is -0.494 e. The highest BCUT2D eigenvalue weighted by molar-refractivity contribution is 6.44. The number of nitrogens with zero attached hydrogens (tertiary/aromatic N) is 1. The van der Waals surface area contributed by atoms with E-state index in [2.05, 4.69) is 4.99 Å². The quantitative estimate of drug-likeness (QED) is 0.424. The average molecular weight is 311 g/mol. The van der Waals surface area contributed by atoms with Crippen molar-refractivity contribution in [1.82, 2.24) is 0 Å². The Morgan fingerprint density at radius 3 is 2.05 bits per heavy atom. The van der Waals surface area contributed by atoms with Crippen LogP contribution in [-0.2, 0) is 9.53 Å². The lowest BCUT2D eigenvalue weighted by atomic mass is 10.0. The molecular formula is C16H26FN3O2. The Labute approximate surface area is 132 Å². The number of aliphatic imine (C=N–C) groups is 1. The monoisotopic (exact) mass is 311 g/mol. The fraction of sp³-hybridized carbons (Fsp3) is 0.500. The first kappa shape index (κ1) is 22.2. The van der Waals surface area contributed by atoms with Crippen LogP contribution in [-0.4, -0.2) is 36.7 Å². The van der Waals surface area contributed by atoms with Crippen molar-refractivity contribution in [2.45, 2.75) is 47.7 Å². The van der Waals surface area contributed by atoms with Crippen molar-refractivity contribution in [3.63, 3.8) is 0 Å². The Hall–Kier alpha value is -2.11. The zero-order valence-electron chi connectivity index (χ0n) is 14.4. The lowest BCUT2D eigenvalue weighted by molar-refractivity contribution is -0.111. The van der Waals surface area contributed by atoms with Gasteiger partial charge in [-0.15, -0.1) is 0 Å². The van der Waals surface area contributed by atoms with Gasteiger partial charge in [-0.1, -0.05) is 19.9 Å².